The average molecular weight is 274 g/mol. The van der Waals surface area contributed by atoms with Crippen molar-refractivity contribution < 1.29 is 4.42 Å². The van der Waals surface area contributed by atoms with Gasteiger partial charge in [-0.1, -0.05) is 0 Å². The molecule has 2 heterocycles. The number of nitrogens with zero attached hydrogens (tertiary/aromatic N) is 1. The van der Waals surface area contributed by atoms with Crippen LogP contribution in [0.4, 0.5) is 0 Å². The van der Waals surface area contributed by atoms with Gasteiger partial charge in [0.15, 0.2) is 0 Å². The third-order valence-electron chi connectivity index (χ3n) is 4.24. The largest absolute Gasteiger partial charge is 0.469 e. The summed E-state index contributed by atoms with van der Waals surface area (Å²) in [6.45, 7) is 0. The Morgan fingerprint density at radius 2 is 2.32 bits per heavy atom. The highest BCUT2D eigenvalue weighted by molar-refractivity contribution is 7.09. The molecule has 0 aliphatic heterocycles. The standard InChI is InChI=1S/C15H18N2OS/c1-2-12(11-6-8-18-13(11)3-1)17-14(10-4-5-10)15-16-7-9-19-15/h6-10,12,14,17H,1-5H2. The van der Waals surface area contributed by atoms with Crippen molar-refractivity contribution >= 4 is 11.3 Å². The van der Waals surface area contributed by atoms with Crippen LogP contribution in [0.15, 0.2) is 28.3 Å². The van der Waals surface area contributed by atoms with Crippen molar-refractivity contribution in [3.05, 3.63) is 40.2 Å². The first-order chi connectivity index (χ1) is 9.42. The van der Waals surface area contributed by atoms with E-state index in [1.807, 2.05) is 12.5 Å². The zero-order chi connectivity index (χ0) is 12.7. The fraction of sp³-hybridized carbons (Fsp3) is 0.533. The Morgan fingerprint density at radius 1 is 1.37 bits per heavy atom. The lowest BCUT2D eigenvalue weighted by Gasteiger charge is -2.27. The molecule has 2 unspecified atom stereocenters. The van der Waals surface area contributed by atoms with E-state index in [0.29, 0.717) is 12.1 Å². The maximum absolute atomic E-state index is 5.58. The Hall–Kier alpha value is -1.13. The highest BCUT2D eigenvalue weighted by atomic mass is 32.1. The van der Waals surface area contributed by atoms with Crippen LogP contribution in [-0.2, 0) is 6.42 Å². The van der Waals surface area contributed by atoms with Gasteiger partial charge in [-0.3, -0.25) is 0 Å². The van der Waals surface area contributed by atoms with Gasteiger partial charge in [-0.15, -0.1) is 11.3 Å². The van der Waals surface area contributed by atoms with E-state index in [0.717, 1.165) is 12.3 Å². The van der Waals surface area contributed by atoms with Gasteiger partial charge in [-0.05, 0) is 37.7 Å². The number of rotatable bonds is 4. The summed E-state index contributed by atoms with van der Waals surface area (Å²) < 4.78 is 5.58. The summed E-state index contributed by atoms with van der Waals surface area (Å²) in [5.74, 6) is 1.96. The van der Waals surface area contributed by atoms with Crippen LogP contribution >= 0.6 is 11.3 Å². The highest BCUT2D eigenvalue weighted by Gasteiger charge is 2.36. The van der Waals surface area contributed by atoms with Crippen molar-refractivity contribution in [1.29, 1.82) is 0 Å². The van der Waals surface area contributed by atoms with Crippen molar-refractivity contribution in [2.75, 3.05) is 0 Å². The van der Waals surface area contributed by atoms with Gasteiger partial charge >= 0.3 is 0 Å². The van der Waals surface area contributed by atoms with Crippen molar-refractivity contribution in [2.45, 2.75) is 44.2 Å². The topological polar surface area (TPSA) is 38.1 Å². The molecule has 1 fully saturated rings. The summed E-state index contributed by atoms with van der Waals surface area (Å²) in [6, 6.07) is 3.01. The van der Waals surface area contributed by atoms with Gasteiger partial charge in [-0.25, -0.2) is 4.98 Å². The van der Waals surface area contributed by atoms with E-state index in [2.05, 4.69) is 21.7 Å². The van der Waals surface area contributed by atoms with Crippen molar-refractivity contribution in [2.24, 2.45) is 5.92 Å². The van der Waals surface area contributed by atoms with Gasteiger partial charge in [0.1, 0.15) is 10.8 Å². The van der Waals surface area contributed by atoms with Crippen LogP contribution < -0.4 is 5.32 Å². The predicted octanol–water partition coefficient (Wildman–Crippen LogP) is 3.85. The summed E-state index contributed by atoms with van der Waals surface area (Å²) in [5, 5.41) is 7.18. The number of fused-ring (bicyclic) bond motifs is 1. The minimum absolute atomic E-state index is 0.436. The fourth-order valence-corrected chi connectivity index (χ4v) is 3.89. The molecule has 4 heteroatoms. The van der Waals surface area contributed by atoms with Gasteiger partial charge < -0.3 is 9.73 Å². The van der Waals surface area contributed by atoms with Gasteiger partial charge in [0.2, 0.25) is 0 Å². The zero-order valence-electron chi connectivity index (χ0n) is 10.8. The van der Waals surface area contributed by atoms with E-state index < -0.39 is 0 Å². The van der Waals surface area contributed by atoms with E-state index >= 15 is 0 Å². The van der Waals surface area contributed by atoms with Crippen molar-refractivity contribution in [3.8, 4) is 0 Å². The molecule has 100 valence electrons. The third-order valence-corrected chi connectivity index (χ3v) is 5.10. The van der Waals surface area contributed by atoms with Crippen molar-refractivity contribution in [3.63, 3.8) is 0 Å². The molecule has 1 saturated carbocycles. The summed E-state index contributed by atoms with van der Waals surface area (Å²) in [5.41, 5.74) is 1.37. The second-order valence-electron chi connectivity index (χ2n) is 5.60. The van der Waals surface area contributed by atoms with Gasteiger partial charge in [-0.2, -0.15) is 0 Å². The number of nitrogens with one attached hydrogen (secondary N) is 1. The molecule has 0 bridgehead atoms. The lowest BCUT2D eigenvalue weighted by molar-refractivity contribution is 0.356. The van der Waals surface area contributed by atoms with Crippen LogP contribution in [0.5, 0.6) is 0 Å². The van der Waals surface area contributed by atoms with Crippen LogP contribution in [0.2, 0.25) is 0 Å². The molecule has 19 heavy (non-hydrogen) atoms. The first-order valence-electron chi connectivity index (χ1n) is 7.13. The number of hydrogen-bond donors (Lipinski definition) is 1. The summed E-state index contributed by atoms with van der Waals surface area (Å²) >= 11 is 1.77. The lowest BCUT2D eigenvalue weighted by Crippen LogP contribution is -2.29. The molecule has 2 aliphatic carbocycles. The molecule has 0 saturated heterocycles. The van der Waals surface area contributed by atoms with E-state index in [-0.39, 0.29) is 0 Å². The quantitative estimate of drug-likeness (QED) is 0.920. The summed E-state index contributed by atoms with van der Waals surface area (Å²) in [4.78, 5) is 4.52. The monoisotopic (exact) mass is 274 g/mol. The van der Waals surface area contributed by atoms with Crippen LogP contribution in [0.25, 0.3) is 0 Å². The van der Waals surface area contributed by atoms with Crippen LogP contribution in [-0.4, -0.2) is 4.98 Å². The SMILES string of the molecule is c1csc(C(NC2CCCc3occc32)C2CC2)n1. The Bertz CT molecular complexity index is 544. The van der Waals surface area contributed by atoms with Crippen LogP contribution in [0.3, 0.4) is 0 Å². The first-order valence-corrected chi connectivity index (χ1v) is 8.01. The summed E-state index contributed by atoms with van der Waals surface area (Å²) in [6.07, 6.45) is 9.94. The zero-order valence-corrected chi connectivity index (χ0v) is 11.7. The molecule has 0 spiro atoms. The molecule has 2 atom stereocenters. The molecule has 2 aromatic rings. The summed E-state index contributed by atoms with van der Waals surface area (Å²) in [7, 11) is 0. The van der Waals surface area contributed by atoms with E-state index in [4.69, 9.17) is 4.42 Å². The molecule has 3 nitrogen and oxygen atoms in total. The van der Waals surface area contributed by atoms with E-state index in [1.165, 1.54) is 42.0 Å². The second kappa shape index (κ2) is 4.76. The van der Waals surface area contributed by atoms with Gasteiger partial charge in [0.05, 0.1) is 12.3 Å². The molecule has 0 aromatic carbocycles. The molecular weight excluding hydrogens is 256 g/mol. The highest BCUT2D eigenvalue weighted by Crippen LogP contribution is 2.44. The Morgan fingerprint density at radius 3 is 3.11 bits per heavy atom. The smallest absolute Gasteiger partial charge is 0.110 e. The normalized spacial score (nSPS) is 24.1. The van der Waals surface area contributed by atoms with Gasteiger partial charge in [0.25, 0.3) is 0 Å². The number of aromatic nitrogens is 1. The number of aryl methyl sites for hydroxylation is 1. The molecule has 4 rings (SSSR count). The molecule has 2 aromatic heterocycles. The average Bonchev–Trinajstić information content (AvgIpc) is 2.94. The number of thiazole rings is 1. The maximum Gasteiger partial charge on any atom is 0.110 e. The van der Waals surface area contributed by atoms with E-state index in [9.17, 15) is 0 Å². The Balaban J connectivity index is 1.57. The molecular formula is C15H18N2OS. The fourth-order valence-electron chi connectivity index (χ4n) is 3.10. The Labute approximate surface area is 117 Å². The van der Waals surface area contributed by atoms with Crippen LogP contribution in [0.1, 0.15) is 54.1 Å². The maximum atomic E-state index is 5.58. The second-order valence-corrected chi connectivity index (χ2v) is 6.52. The van der Waals surface area contributed by atoms with Crippen LogP contribution in [0, 0.1) is 5.92 Å². The molecule has 0 radical (unpaired) electrons. The number of hydrogen-bond acceptors (Lipinski definition) is 4. The van der Waals surface area contributed by atoms with E-state index in [1.54, 1.807) is 11.3 Å². The minimum atomic E-state index is 0.436. The Kier molecular flexibility index (Phi) is 2.93. The molecule has 0 amide bonds. The third kappa shape index (κ3) is 2.23. The molecule has 1 N–H and O–H groups in total. The number of furan rings is 1. The van der Waals surface area contributed by atoms with Gasteiger partial charge in [0, 0.05) is 29.6 Å². The first kappa shape index (κ1) is 11.7. The van der Waals surface area contributed by atoms with Crippen molar-refractivity contribution in [1.82, 2.24) is 10.3 Å². The predicted molar refractivity (Wildman–Crippen MR) is 75.1 cm³/mol. The molecule has 2 aliphatic rings. The minimum Gasteiger partial charge on any atom is -0.469 e. The lowest BCUT2D eigenvalue weighted by atomic mass is 9.92.